The molecule has 0 bridgehead atoms. The van der Waals surface area contributed by atoms with Gasteiger partial charge in [-0.05, 0) is 25.1 Å². The van der Waals surface area contributed by atoms with Crippen LogP contribution in [0.25, 0.3) is 16.6 Å². The van der Waals surface area contributed by atoms with Gasteiger partial charge in [-0.1, -0.05) is 11.6 Å². The average molecular weight is 275 g/mol. The van der Waals surface area contributed by atoms with E-state index in [1.54, 1.807) is 23.1 Å². The van der Waals surface area contributed by atoms with E-state index in [0.29, 0.717) is 10.8 Å². The molecule has 0 amide bonds. The topological polar surface area (TPSA) is 63.8 Å². The second-order valence-corrected chi connectivity index (χ2v) is 4.59. The highest BCUT2D eigenvalue weighted by molar-refractivity contribution is 6.30. The fourth-order valence-electron chi connectivity index (χ4n) is 2.07. The van der Waals surface area contributed by atoms with Crippen LogP contribution >= 0.6 is 11.6 Å². The number of aryl methyl sites for hydroxylation is 1. The summed E-state index contributed by atoms with van der Waals surface area (Å²) in [5.41, 5.74) is 3.04. The van der Waals surface area contributed by atoms with Crippen molar-refractivity contribution in [3.8, 4) is 5.69 Å². The second-order valence-electron chi connectivity index (χ2n) is 4.20. The van der Waals surface area contributed by atoms with Gasteiger partial charge in [0, 0.05) is 17.3 Å². The van der Waals surface area contributed by atoms with Crippen LogP contribution in [0.3, 0.4) is 0 Å². The first-order valence-corrected chi connectivity index (χ1v) is 6.14. The van der Waals surface area contributed by atoms with Crippen molar-refractivity contribution in [1.82, 2.24) is 19.7 Å². The summed E-state index contributed by atoms with van der Waals surface area (Å²) in [4.78, 5) is 8.30. The molecule has 1 N–H and O–H groups in total. The molecular formula is C13H11ClN4O. The SMILES string of the molecule is Cc1cc(-n2ncc3cc(Cl)nc(CO)c32)ccn1. The molecule has 3 rings (SSSR count). The monoisotopic (exact) mass is 274 g/mol. The number of aromatic nitrogens is 4. The lowest BCUT2D eigenvalue weighted by Gasteiger charge is -2.07. The fraction of sp³-hybridized carbons (Fsp3) is 0.154. The highest BCUT2D eigenvalue weighted by Gasteiger charge is 2.12. The molecule has 0 aromatic carbocycles. The Kier molecular flexibility index (Phi) is 2.93. The van der Waals surface area contributed by atoms with E-state index >= 15 is 0 Å². The predicted molar refractivity (Wildman–Crippen MR) is 72.3 cm³/mol. The predicted octanol–water partition coefficient (Wildman–Crippen LogP) is 2.27. The minimum atomic E-state index is -0.188. The molecule has 3 aromatic rings. The van der Waals surface area contributed by atoms with E-state index in [-0.39, 0.29) is 6.61 Å². The molecule has 0 aliphatic carbocycles. The summed E-state index contributed by atoms with van der Waals surface area (Å²) in [5, 5.41) is 15.0. The van der Waals surface area contributed by atoms with Gasteiger partial charge in [0.15, 0.2) is 0 Å². The minimum Gasteiger partial charge on any atom is -0.390 e. The molecule has 0 fully saturated rings. The molecule has 0 aliphatic rings. The molecule has 0 unspecified atom stereocenters. The standard InChI is InChI=1S/C13H11ClN4O/c1-8-4-10(2-3-15-8)18-13-9(6-16-18)5-12(14)17-11(13)7-19/h2-6,19H,7H2,1H3. The number of aliphatic hydroxyl groups is 1. The lowest BCUT2D eigenvalue weighted by atomic mass is 10.2. The van der Waals surface area contributed by atoms with Crippen LogP contribution in [0.15, 0.2) is 30.6 Å². The first kappa shape index (κ1) is 12.1. The van der Waals surface area contributed by atoms with Gasteiger partial charge in [0.1, 0.15) is 5.15 Å². The van der Waals surface area contributed by atoms with Crippen LogP contribution in [-0.4, -0.2) is 24.9 Å². The van der Waals surface area contributed by atoms with E-state index in [1.165, 1.54) is 0 Å². The van der Waals surface area contributed by atoms with Crippen molar-refractivity contribution >= 4 is 22.5 Å². The maximum atomic E-state index is 9.43. The third kappa shape index (κ3) is 2.07. The van der Waals surface area contributed by atoms with Crippen LogP contribution in [0.4, 0.5) is 0 Å². The largest absolute Gasteiger partial charge is 0.390 e. The molecular weight excluding hydrogens is 264 g/mol. The summed E-state index contributed by atoms with van der Waals surface area (Å²) in [6.45, 7) is 1.73. The molecule has 3 heterocycles. The molecule has 0 aliphatic heterocycles. The zero-order valence-electron chi connectivity index (χ0n) is 10.2. The second kappa shape index (κ2) is 4.60. The number of hydrogen-bond acceptors (Lipinski definition) is 4. The van der Waals surface area contributed by atoms with Crippen LogP contribution in [0.2, 0.25) is 5.15 Å². The lowest BCUT2D eigenvalue weighted by Crippen LogP contribution is -2.01. The van der Waals surface area contributed by atoms with Crippen molar-refractivity contribution in [2.24, 2.45) is 0 Å². The summed E-state index contributed by atoms with van der Waals surface area (Å²) in [7, 11) is 0. The molecule has 0 saturated carbocycles. The van der Waals surface area contributed by atoms with Crippen LogP contribution in [-0.2, 0) is 6.61 Å². The van der Waals surface area contributed by atoms with Crippen molar-refractivity contribution in [3.63, 3.8) is 0 Å². The molecule has 0 atom stereocenters. The summed E-state index contributed by atoms with van der Waals surface area (Å²) in [6.07, 6.45) is 3.43. The third-order valence-corrected chi connectivity index (χ3v) is 3.06. The molecule has 3 aromatic heterocycles. The van der Waals surface area contributed by atoms with Crippen LogP contribution in [0.1, 0.15) is 11.4 Å². The summed E-state index contributed by atoms with van der Waals surface area (Å²) in [6, 6.07) is 5.50. The molecule has 0 saturated heterocycles. The van der Waals surface area contributed by atoms with Gasteiger partial charge in [-0.25, -0.2) is 9.67 Å². The highest BCUT2D eigenvalue weighted by atomic mass is 35.5. The summed E-state index contributed by atoms with van der Waals surface area (Å²) in [5.74, 6) is 0. The van der Waals surface area contributed by atoms with Crippen molar-refractivity contribution < 1.29 is 5.11 Å². The normalized spacial score (nSPS) is 11.1. The van der Waals surface area contributed by atoms with Crippen molar-refractivity contribution in [1.29, 1.82) is 0 Å². The molecule has 5 nitrogen and oxygen atoms in total. The van der Waals surface area contributed by atoms with Crippen LogP contribution in [0.5, 0.6) is 0 Å². The van der Waals surface area contributed by atoms with Crippen LogP contribution in [0, 0.1) is 6.92 Å². The van der Waals surface area contributed by atoms with E-state index in [2.05, 4.69) is 15.1 Å². The number of fused-ring (bicyclic) bond motifs is 1. The van der Waals surface area contributed by atoms with Crippen molar-refractivity contribution in [2.45, 2.75) is 13.5 Å². The number of aliphatic hydroxyl groups excluding tert-OH is 1. The van der Waals surface area contributed by atoms with E-state index in [4.69, 9.17) is 11.6 Å². The Morgan fingerprint density at radius 3 is 2.95 bits per heavy atom. The summed E-state index contributed by atoms with van der Waals surface area (Å²) < 4.78 is 1.74. The smallest absolute Gasteiger partial charge is 0.130 e. The van der Waals surface area contributed by atoms with Gasteiger partial charge in [-0.15, -0.1) is 0 Å². The first-order valence-electron chi connectivity index (χ1n) is 5.76. The van der Waals surface area contributed by atoms with Gasteiger partial charge < -0.3 is 5.11 Å². The van der Waals surface area contributed by atoms with Gasteiger partial charge in [0.2, 0.25) is 0 Å². The van der Waals surface area contributed by atoms with Gasteiger partial charge in [-0.3, -0.25) is 4.98 Å². The quantitative estimate of drug-likeness (QED) is 0.728. The minimum absolute atomic E-state index is 0.188. The fourth-order valence-corrected chi connectivity index (χ4v) is 2.29. The van der Waals surface area contributed by atoms with E-state index in [9.17, 15) is 5.11 Å². The lowest BCUT2D eigenvalue weighted by molar-refractivity contribution is 0.278. The van der Waals surface area contributed by atoms with Gasteiger partial charge in [0.25, 0.3) is 0 Å². The van der Waals surface area contributed by atoms with E-state index in [1.807, 2.05) is 19.1 Å². The first-order chi connectivity index (χ1) is 9.19. The van der Waals surface area contributed by atoms with E-state index < -0.39 is 0 Å². The Bertz CT molecular complexity index is 753. The van der Waals surface area contributed by atoms with Crippen molar-refractivity contribution in [2.75, 3.05) is 0 Å². The average Bonchev–Trinajstić information content (AvgIpc) is 2.81. The third-order valence-electron chi connectivity index (χ3n) is 2.86. The Labute approximate surface area is 114 Å². The molecule has 6 heteroatoms. The Morgan fingerprint density at radius 2 is 2.21 bits per heavy atom. The maximum absolute atomic E-state index is 9.43. The number of nitrogens with zero attached hydrogens (tertiary/aromatic N) is 4. The van der Waals surface area contributed by atoms with Gasteiger partial charge in [0.05, 0.1) is 29.7 Å². The number of hydrogen-bond donors (Lipinski definition) is 1. The Balaban J connectivity index is 2.31. The molecule has 19 heavy (non-hydrogen) atoms. The molecule has 0 radical (unpaired) electrons. The van der Waals surface area contributed by atoms with Crippen LogP contribution < -0.4 is 0 Å². The van der Waals surface area contributed by atoms with E-state index in [0.717, 1.165) is 22.3 Å². The zero-order valence-corrected chi connectivity index (χ0v) is 11.0. The molecule has 96 valence electrons. The Morgan fingerprint density at radius 1 is 1.37 bits per heavy atom. The maximum Gasteiger partial charge on any atom is 0.130 e. The number of pyridine rings is 2. The van der Waals surface area contributed by atoms with Gasteiger partial charge >= 0.3 is 0 Å². The van der Waals surface area contributed by atoms with Gasteiger partial charge in [-0.2, -0.15) is 5.10 Å². The molecule has 0 spiro atoms. The zero-order chi connectivity index (χ0) is 13.4. The highest BCUT2D eigenvalue weighted by Crippen LogP contribution is 2.23. The number of halogens is 1. The number of rotatable bonds is 2. The summed E-state index contributed by atoms with van der Waals surface area (Å²) >= 11 is 5.91. The van der Waals surface area contributed by atoms with Crippen molar-refractivity contribution in [3.05, 3.63) is 47.1 Å². The Hall–Kier alpha value is -1.98.